The zero-order chi connectivity index (χ0) is 10.5. The molecule has 1 aliphatic rings. The molecule has 1 aliphatic heterocycles. The highest BCUT2D eigenvalue weighted by Crippen LogP contribution is 2.23. The van der Waals surface area contributed by atoms with Gasteiger partial charge in [-0.3, -0.25) is 0 Å². The van der Waals surface area contributed by atoms with Crippen molar-refractivity contribution in [1.82, 2.24) is 15.3 Å². The Hall–Kier alpha value is -1.00. The number of nitrogens with zero attached hydrogens (tertiary/aromatic N) is 2. The van der Waals surface area contributed by atoms with Crippen LogP contribution in [0.15, 0.2) is 18.7 Å². The van der Waals surface area contributed by atoms with Gasteiger partial charge in [-0.25, -0.2) is 9.97 Å². The summed E-state index contributed by atoms with van der Waals surface area (Å²) in [6.07, 6.45) is 9.04. The van der Waals surface area contributed by atoms with Crippen molar-refractivity contribution in [3.05, 3.63) is 24.3 Å². The van der Waals surface area contributed by atoms with E-state index in [4.69, 9.17) is 4.74 Å². The van der Waals surface area contributed by atoms with Gasteiger partial charge in [-0.15, -0.1) is 0 Å². The first-order chi connectivity index (χ1) is 7.40. The number of nitrogens with one attached hydrogen (secondary N) is 1. The molecule has 2 rings (SSSR count). The maximum Gasteiger partial charge on any atom is 0.115 e. The number of rotatable bonds is 4. The maximum atomic E-state index is 5.63. The van der Waals surface area contributed by atoms with Crippen LogP contribution in [0.2, 0.25) is 0 Å². The third kappa shape index (κ3) is 2.73. The zero-order valence-corrected chi connectivity index (χ0v) is 9.02. The molecule has 15 heavy (non-hydrogen) atoms. The van der Waals surface area contributed by atoms with Crippen molar-refractivity contribution in [1.29, 1.82) is 0 Å². The van der Waals surface area contributed by atoms with Crippen LogP contribution in [0, 0.1) is 0 Å². The van der Waals surface area contributed by atoms with E-state index in [9.17, 15) is 0 Å². The first-order valence-electron chi connectivity index (χ1n) is 5.44. The molecule has 0 amide bonds. The van der Waals surface area contributed by atoms with Crippen LogP contribution in [-0.2, 0) is 4.74 Å². The Morgan fingerprint density at radius 3 is 2.93 bits per heavy atom. The molecule has 1 fully saturated rings. The fourth-order valence-electron chi connectivity index (χ4n) is 2.00. The Labute approximate surface area is 90.1 Å². The summed E-state index contributed by atoms with van der Waals surface area (Å²) in [6.45, 7) is 0.909. The highest BCUT2D eigenvalue weighted by atomic mass is 16.5. The number of hydrogen-bond acceptors (Lipinski definition) is 4. The fourth-order valence-corrected chi connectivity index (χ4v) is 2.00. The lowest BCUT2D eigenvalue weighted by Gasteiger charge is -2.19. The first-order valence-corrected chi connectivity index (χ1v) is 5.44. The summed E-state index contributed by atoms with van der Waals surface area (Å²) in [4.78, 5) is 8.07. The van der Waals surface area contributed by atoms with Crippen molar-refractivity contribution in [2.45, 2.75) is 31.4 Å². The Bertz CT molecular complexity index is 285. The summed E-state index contributed by atoms with van der Waals surface area (Å²) in [6, 6.07) is 0.300. The van der Waals surface area contributed by atoms with Gasteiger partial charge in [0.2, 0.25) is 0 Å². The van der Waals surface area contributed by atoms with Crippen molar-refractivity contribution >= 4 is 0 Å². The number of ether oxygens (including phenoxy) is 1. The Morgan fingerprint density at radius 1 is 1.53 bits per heavy atom. The molecule has 1 aromatic heterocycles. The van der Waals surface area contributed by atoms with Gasteiger partial charge in [-0.2, -0.15) is 0 Å². The van der Waals surface area contributed by atoms with E-state index in [0.717, 1.165) is 18.6 Å². The quantitative estimate of drug-likeness (QED) is 0.808. The molecule has 1 saturated heterocycles. The van der Waals surface area contributed by atoms with Crippen LogP contribution in [0.3, 0.4) is 0 Å². The molecule has 0 saturated carbocycles. The van der Waals surface area contributed by atoms with Crippen molar-refractivity contribution in [3.8, 4) is 0 Å². The third-order valence-electron chi connectivity index (χ3n) is 2.85. The normalized spacial score (nSPS) is 22.9. The van der Waals surface area contributed by atoms with E-state index in [1.165, 1.54) is 12.8 Å². The van der Waals surface area contributed by atoms with Gasteiger partial charge in [0.05, 0.1) is 6.10 Å². The van der Waals surface area contributed by atoms with Crippen LogP contribution in [-0.4, -0.2) is 29.7 Å². The molecule has 2 heterocycles. The second-order valence-corrected chi connectivity index (χ2v) is 3.88. The van der Waals surface area contributed by atoms with Crippen molar-refractivity contribution in [2.24, 2.45) is 0 Å². The van der Waals surface area contributed by atoms with Crippen LogP contribution in [0.5, 0.6) is 0 Å². The molecule has 1 aromatic rings. The summed E-state index contributed by atoms with van der Waals surface area (Å²) >= 11 is 0. The molecule has 0 aromatic carbocycles. The third-order valence-corrected chi connectivity index (χ3v) is 2.85. The average Bonchev–Trinajstić information content (AvgIpc) is 2.80. The topological polar surface area (TPSA) is 47.0 Å². The minimum atomic E-state index is 0.300. The highest BCUT2D eigenvalue weighted by Gasteiger charge is 2.21. The van der Waals surface area contributed by atoms with Crippen molar-refractivity contribution in [3.63, 3.8) is 0 Å². The Kier molecular flexibility index (Phi) is 3.64. The minimum Gasteiger partial charge on any atom is -0.378 e. The van der Waals surface area contributed by atoms with Crippen LogP contribution < -0.4 is 5.32 Å². The monoisotopic (exact) mass is 207 g/mol. The molecule has 82 valence electrons. The standard InChI is InChI=1S/C11H17N3O/c1-12-11(5-10-3-2-4-15-10)9-6-13-8-14-7-9/h6-8,10-12H,2-5H2,1H3. The molecule has 1 N–H and O–H groups in total. The summed E-state index contributed by atoms with van der Waals surface area (Å²) in [5.41, 5.74) is 1.13. The summed E-state index contributed by atoms with van der Waals surface area (Å²) < 4.78 is 5.63. The van der Waals surface area contributed by atoms with E-state index in [-0.39, 0.29) is 0 Å². The zero-order valence-electron chi connectivity index (χ0n) is 9.02. The Balaban J connectivity index is 1.97. The number of hydrogen-bond donors (Lipinski definition) is 1. The molecule has 0 aliphatic carbocycles. The van der Waals surface area contributed by atoms with Crippen LogP contribution in [0.4, 0.5) is 0 Å². The fraction of sp³-hybridized carbons (Fsp3) is 0.636. The molecule has 2 unspecified atom stereocenters. The second kappa shape index (κ2) is 5.19. The van der Waals surface area contributed by atoms with Gasteiger partial charge in [-0.05, 0) is 26.3 Å². The average molecular weight is 207 g/mol. The molecule has 4 heteroatoms. The van der Waals surface area contributed by atoms with Gasteiger partial charge >= 0.3 is 0 Å². The Morgan fingerprint density at radius 2 is 2.33 bits per heavy atom. The first kappa shape index (κ1) is 10.5. The van der Waals surface area contributed by atoms with E-state index < -0.39 is 0 Å². The van der Waals surface area contributed by atoms with E-state index in [1.807, 2.05) is 19.4 Å². The molecule has 0 radical (unpaired) electrons. The summed E-state index contributed by atoms with van der Waals surface area (Å²) in [5.74, 6) is 0. The molecular formula is C11H17N3O. The molecule has 4 nitrogen and oxygen atoms in total. The maximum absolute atomic E-state index is 5.63. The van der Waals surface area contributed by atoms with Gasteiger partial charge in [0.15, 0.2) is 0 Å². The lowest BCUT2D eigenvalue weighted by molar-refractivity contribution is 0.0953. The van der Waals surface area contributed by atoms with Crippen molar-refractivity contribution in [2.75, 3.05) is 13.7 Å². The summed E-state index contributed by atoms with van der Waals surface area (Å²) in [5, 5.41) is 3.29. The molecule has 0 spiro atoms. The van der Waals surface area contributed by atoms with E-state index in [0.29, 0.717) is 12.1 Å². The highest BCUT2D eigenvalue weighted by molar-refractivity contribution is 5.09. The predicted octanol–water partition coefficient (Wildman–Crippen LogP) is 1.31. The van der Waals surface area contributed by atoms with Crippen LogP contribution in [0.25, 0.3) is 0 Å². The van der Waals surface area contributed by atoms with Gasteiger partial charge < -0.3 is 10.1 Å². The summed E-state index contributed by atoms with van der Waals surface area (Å²) in [7, 11) is 1.96. The van der Waals surface area contributed by atoms with E-state index >= 15 is 0 Å². The predicted molar refractivity (Wildman–Crippen MR) is 57.4 cm³/mol. The van der Waals surface area contributed by atoms with E-state index in [1.54, 1.807) is 6.33 Å². The molecule has 2 atom stereocenters. The van der Waals surface area contributed by atoms with Crippen LogP contribution in [0.1, 0.15) is 30.9 Å². The van der Waals surface area contributed by atoms with Gasteiger partial charge in [-0.1, -0.05) is 0 Å². The molecular weight excluding hydrogens is 190 g/mol. The van der Waals surface area contributed by atoms with Gasteiger partial charge in [0, 0.05) is 30.6 Å². The van der Waals surface area contributed by atoms with Gasteiger partial charge in [0.1, 0.15) is 6.33 Å². The number of aromatic nitrogens is 2. The van der Waals surface area contributed by atoms with Gasteiger partial charge in [0.25, 0.3) is 0 Å². The lowest BCUT2D eigenvalue weighted by atomic mass is 10.0. The lowest BCUT2D eigenvalue weighted by Crippen LogP contribution is -2.22. The van der Waals surface area contributed by atoms with Crippen molar-refractivity contribution < 1.29 is 4.74 Å². The van der Waals surface area contributed by atoms with Crippen LogP contribution >= 0.6 is 0 Å². The molecule has 0 bridgehead atoms. The van der Waals surface area contributed by atoms with E-state index in [2.05, 4.69) is 15.3 Å². The smallest absolute Gasteiger partial charge is 0.115 e. The SMILES string of the molecule is CNC(CC1CCCO1)c1cncnc1. The second-order valence-electron chi connectivity index (χ2n) is 3.88. The largest absolute Gasteiger partial charge is 0.378 e. The minimum absolute atomic E-state index is 0.300.